The van der Waals surface area contributed by atoms with Crippen LogP contribution in [0.25, 0.3) is 0 Å². The molecule has 1 aromatic rings. The Morgan fingerprint density at radius 2 is 1.52 bits per heavy atom. The number of rotatable bonds is 12. The molecule has 1 heterocycles. The zero-order valence-corrected chi connectivity index (χ0v) is 21.6. The van der Waals surface area contributed by atoms with E-state index in [2.05, 4.69) is 26.0 Å². The summed E-state index contributed by atoms with van der Waals surface area (Å²) in [5.74, 6) is 2.95. The molecule has 0 amide bonds. The number of benzene rings is 1. The summed E-state index contributed by atoms with van der Waals surface area (Å²) in [5, 5.41) is 21.2. The van der Waals surface area contributed by atoms with Crippen LogP contribution in [0.3, 0.4) is 0 Å². The van der Waals surface area contributed by atoms with Gasteiger partial charge in [0.15, 0.2) is 4.20 Å². The van der Waals surface area contributed by atoms with Crippen LogP contribution in [-0.2, 0) is 0 Å². The fraction of sp³-hybridized carbons (Fsp3) is 0.625. The summed E-state index contributed by atoms with van der Waals surface area (Å²) in [7, 11) is 4.69. The molecular formula is C24H32N4O3S2. The first kappa shape index (κ1) is 25.4. The molecule has 1 aliphatic heterocycles. The number of ether oxygens (including phenoxy) is 3. The number of nitriles is 2. The van der Waals surface area contributed by atoms with Crippen LogP contribution in [0.15, 0.2) is 17.1 Å². The number of amidine groups is 1. The van der Waals surface area contributed by atoms with Gasteiger partial charge in [-0.2, -0.15) is 10.5 Å². The van der Waals surface area contributed by atoms with E-state index in [0.717, 1.165) is 37.2 Å². The monoisotopic (exact) mass is 488 g/mol. The molecule has 1 fully saturated rings. The maximum absolute atomic E-state index is 10.7. The van der Waals surface area contributed by atoms with Crippen molar-refractivity contribution in [1.82, 2.24) is 0 Å². The summed E-state index contributed by atoms with van der Waals surface area (Å²) in [5.41, 5.74) is 4.81. The quantitative estimate of drug-likeness (QED) is 0.326. The van der Waals surface area contributed by atoms with Gasteiger partial charge in [-0.3, -0.25) is 0 Å². The molecule has 0 radical (unpaired) electrons. The second kappa shape index (κ2) is 9.95. The molecule has 1 saturated carbocycles. The van der Waals surface area contributed by atoms with Gasteiger partial charge in [-0.25, -0.2) is 4.99 Å². The van der Waals surface area contributed by atoms with Crippen LogP contribution in [0.5, 0.6) is 17.2 Å². The number of aliphatic imine (C=N–C) groups is 1. The lowest BCUT2D eigenvalue weighted by Crippen LogP contribution is -2.32. The predicted molar refractivity (Wildman–Crippen MR) is 134 cm³/mol. The van der Waals surface area contributed by atoms with E-state index in [1.165, 1.54) is 0 Å². The summed E-state index contributed by atoms with van der Waals surface area (Å²) in [6.07, 6.45) is 4.07. The van der Waals surface area contributed by atoms with Crippen LogP contribution in [0, 0.1) is 33.5 Å². The van der Waals surface area contributed by atoms with Gasteiger partial charge in [-0.15, -0.1) is 23.5 Å². The average Bonchev–Trinajstić information content (AvgIpc) is 3.40. The Morgan fingerprint density at radius 3 is 1.91 bits per heavy atom. The van der Waals surface area contributed by atoms with Gasteiger partial charge >= 0.3 is 0 Å². The fourth-order valence-electron chi connectivity index (χ4n) is 4.82. The van der Waals surface area contributed by atoms with Crippen molar-refractivity contribution in [1.29, 1.82) is 10.5 Å². The molecule has 0 aromatic heterocycles. The van der Waals surface area contributed by atoms with Crippen LogP contribution in [0.2, 0.25) is 0 Å². The molecule has 1 aromatic carbocycles. The van der Waals surface area contributed by atoms with E-state index in [9.17, 15) is 10.5 Å². The number of unbranched alkanes of at least 4 members (excludes halogenated alkanes) is 2. The first-order valence-corrected chi connectivity index (χ1v) is 13.2. The molecule has 178 valence electrons. The standard InChI is InChI=1S/C24H32N4O3S2/c1-6-8-10-32-24(33-11-9-7-2)23(15-26)20(22(23,14-25)21(27)28-24)19-17(30-4)12-16(29-3)13-18(19)31-5/h12-13,20H,6-11H2,1-5H3,(H2,27,28). The fourth-order valence-corrected chi connectivity index (χ4v) is 8.50. The van der Waals surface area contributed by atoms with Crippen LogP contribution < -0.4 is 19.9 Å². The first-order chi connectivity index (χ1) is 15.9. The van der Waals surface area contributed by atoms with Crippen LogP contribution in [-0.4, -0.2) is 42.9 Å². The van der Waals surface area contributed by atoms with Crippen molar-refractivity contribution < 1.29 is 14.2 Å². The molecule has 7 nitrogen and oxygen atoms in total. The van der Waals surface area contributed by atoms with Crippen molar-refractivity contribution in [2.24, 2.45) is 21.6 Å². The predicted octanol–water partition coefficient (Wildman–Crippen LogP) is 4.92. The van der Waals surface area contributed by atoms with E-state index < -0.39 is 21.0 Å². The maximum atomic E-state index is 10.7. The lowest BCUT2D eigenvalue weighted by atomic mass is 9.97. The lowest BCUT2D eigenvalue weighted by molar-refractivity contribution is 0.366. The maximum Gasteiger partial charge on any atom is 0.175 e. The number of thioether (sulfide) groups is 2. The molecule has 0 bridgehead atoms. The van der Waals surface area contributed by atoms with Gasteiger partial charge in [0.05, 0.1) is 33.5 Å². The molecule has 33 heavy (non-hydrogen) atoms. The van der Waals surface area contributed by atoms with Crippen molar-refractivity contribution in [3.63, 3.8) is 0 Å². The van der Waals surface area contributed by atoms with Crippen molar-refractivity contribution in [2.75, 3.05) is 32.8 Å². The summed E-state index contributed by atoms with van der Waals surface area (Å²) in [4.78, 5) is 4.87. The van der Waals surface area contributed by atoms with Crippen molar-refractivity contribution in [3.05, 3.63) is 17.7 Å². The molecule has 2 aliphatic rings. The van der Waals surface area contributed by atoms with E-state index >= 15 is 0 Å². The second-order valence-electron chi connectivity index (χ2n) is 8.20. The van der Waals surface area contributed by atoms with Gasteiger partial charge < -0.3 is 19.9 Å². The minimum atomic E-state index is -1.24. The summed E-state index contributed by atoms with van der Waals surface area (Å²) in [6, 6.07) is 8.49. The third-order valence-electron chi connectivity index (χ3n) is 6.56. The van der Waals surface area contributed by atoms with Crippen LogP contribution in [0.4, 0.5) is 0 Å². The second-order valence-corrected chi connectivity index (χ2v) is 11.0. The number of nitrogens with zero attached hydrogens (tertiary/aromatic N) is 3. The third kappa shape index (κ3) is 3.52. The first-order valence-electron chi connectivity index (χ1n) is 11.2. The van der Waals surface area contributed by atoms with Crippen molar-refractivity contribution in [3.8, 4) is 29.4 Å². The summed E-state index contributed by atoms with van der Waals surface area (Å²) in [6.45, 7) is 4.27. The van der Waals surface area contributed by atoms with E-state index in [1.807, 2.05) is 0 Å². The van der Waals surface area contributed by atoms with Crippen molar-refractivity contribution >= 4 is 29.4 Å². The molecule has 2 N–H and O–H groups in total. The topological polar surface area (TPSA) is 114 Å². The van der Waals surface area contributed by atoms with E-state index in [4.69, 9.17) is 24.9 Å². The summed E-state index contributed by atoms with van der Waals surface area (Å²) < 4.78 is 15.9. The Labute approximate surface area is 205 Å². The Hall–Kier alpha value is -2.23. The number of hydrogen-bond donors (Lipinski definition) is 1. The van der Waals surface area contributed by atoms with Gasteiger partial charge in [-0.05, 0) is 24.3 Å². The number of methoxy groups -OCH3 is 3. The van der Waals surface area contributed by atoms with Gasteiger partial charge in [-0.1, -0.05) is 26.7 Å². The molecule has 0 spiro atoms. The normalized spacial score (nSPS) is 26.5. The highest BCUT2D eigenvalue weighted by atomic mass is 32.2. The van der Waals surface area contributed by atoms with Crippen molar-refractivity contribution in [2.45, 2.75) is 49.7 Å². The lowest BCUT2D eigenvalue weighted by Gasteiger charge is -2.32. The van der Waals surface area contributed by atoms with Gasteiger partial charge in [0.25, 0.3) is 0 Å². The largest absolute Gasteiger partial charge is 0.496 e. The Balaban J connectivity index is 2.23. The molecule has 3 rings (SSSR count). The SMILES string of the molecule is CCCCSC1(SCCCC)N=C(N)C2(C#N)C(c3c(OC)cc(OC)cc3OC)C12C#N. The van der Waals surface area contributed by atoms with E-state index in [-0.39, 0.29) is 5.84 Å². The Bertz CT molecular complexity index is 967. The number of nitrogens with two attached hydrogens (primary N) is 1. The highest BCUT2D eigenvalue weighted by Crippen LogP contribution is 2.86. The molecule has 3 unspecified atom stereocenters. The third-order valence-corrected chi connectivity index (χ3v) is 9.86. The van der Waals surface area contributed by atoms with Gasteiger partial charge in [0.2, 0.25) is 0 Å². The van der Waals surface area contributed by atoms with E-state index in [0.29, 0.717) is 22.8 Å². The molecule has 9 heteroatoms. The number of hydrogen-bond acceptors (Lipinski definition) is 9. The van der Waals surface area contributed by atoms with Crippen LogP contribution >= 0.6 is 23.5 Å². The molecule has 1 aliphatic carbocycles. The molecular weight excluding hydrogens is 456 g/mol. The zero-order valence-electron chi connectivity index (χ0n) is 19.9. The molecule has 3 atom stereocenters. The Morgan fingerprint density at radius 1 is 0.970 bits per heavy atom. The smallest absolute Gasteiger partial charge is 0.175 e. The minimum absolute atomic E-state index is 0.226. The summed E-state index contributed by atoms with van der Waals surface area (Å²) >= 11 is 3.29. The molecule has 0 saturated heterocycles. The Kier molecular flexibility index (Phi) is 7.65. The van der Waals surface area contributed by atoms with E-state index in [1.54, 1.807) is 57.0 Å². The van der Waals surface area contributed by atoms with Crippen LogP contribution in [0.1, 0.15) is 51.0 Å². The minimum Gasteiger partial charge on any atom is -0.496 e. The van der Waals surface area contributed by atoms with Gasteiger partial charge in [0, 0.05) is 23.6 Å². The zero-order chi connectivity index (χ0) is 24.3. The highest BCUT2D eigenvalue weighted by Gasteiger charge is 2.92. The van der Waals surface area contributed by atoms with Gasteiger partial charge in [0.1, 0.15) is 33.9 Å². The average molecular weight is 489 g/mol. The number of fused-ring (bicyclic) bond motifs is 1. The highest BCUT2D eigenvalue weighted by molar-refractivity contribution is 8.18.